The maximum Gasteiger partial charge on any atom is 0.240 e. The van der Waals surface area contributed by atoms with E-state index in [1.807, 2.05) is 41.5 Å². The lowest BCUT2D eigenvalue weighted by Crippen LogP contribution is -2.36. The molecule has 0 saturated heterocycles. The predicted molar refractivity (Wildman–Crippen MR) is 96.7 cm³/mol. The number of amides is 1. The molecule has 1 aliphatic rings. The zero-order valence-electron chi connectivity index (χ0n) is 15.4. The van der Waals surface area contributed by atoms with Gasteiger partial charge in [-0.3, -0.25) is 4.79 Å². The van der Waals surface area contributed by atoms with Gasteiger partial charge in [-0.15, -0.1) is 0 Å². The van der Waals surface area contributed by atoms with Crippen LogP contribution in [0.2, 0.25) is 0 Å². The van der Waals surface area contributed by atoms with Crippen LogP contribution in [-0.4, -0.2) is 26.9 Å². The molecular weight excluding hydrogens is 324 g/mol. The Hall–Kier alpha value is -1.40. The number of carbonyl (C=O) groups is 1. The van der Waals surface area contributed by atoms with Crippen LogP contribution in [0.4, 0.5) is 5.69 Å². The van der Waals surface area contributed by atoms with Crippen LogP contribution in [0.3, 0.4) is 0 Å². The van der Waals surface area contributed by atoms with Crippen molar-refractivity contribution < 1.29 is 13.2 Å². The molecule has 0 aromatic heterocycles. The third-order valence-corrected chi connectivity index (χ3v) is 6.17. The van der Waals surface area contributed by atoms with E-state index in [0.29, 0.717) is 6.54 Å². The normalized spacial score (nSPS) is 17.9. The maximum absolute atomic E-state index is 12.5. The lowest BCUT2D eigenvalue weighted by Gasteiger charge is -2.22. The minimum absolute atomic E-state index is 0.0650. The average Bonchev–Trinajstić information content (AvgIpc) is 2.77. The fraction of sp³-hybridized carbons (Fsp3) is 0.611. The zero-order valence-corrected chi connectivity index (χ0v) is 16.2. The fourth-order valence-electron chi connectivity index (χ4n) is 2.95. The number of rotatable bonds is 5. The van der Waals surface area contributed by atoms with Crippen molar-refractivity contribution in [3.63, 3.8) is 0 Å². The summed E-state index contributed by atoms with van der Waals surface area (Å²) in [7, 11) is -3.55. The van der Waals surface area contributed by atoms with Gasteiger partial charge < -0.3 is 4.90 Å². The van der Waals surface area contributed by atoms with E-state index >= 15 is 0 Å². The van der Waals surface area contributed by atoms with Crippen LogP contribution in [0.25, 0.3) is 0 Å². The molecule has 0 unspecified atom stereocenters. The molecule has 0 radical (unpaired) electrons. The molecule has 0 fully saturated rings. The van der Waals surface area contributed by atoms with Crippen molar-refractivity contribution in [2.24, 2.45) is 5.92 Å². The van der Waals surface area contributed by atoms with Crippen LogP contribution in [-0.2, 0) is 20.2 Å². The summed E-state index contributed by atoms with van der Waals surface area (Å²) in [5.41, 5.74) is 1.45. The molecule has 1 atom stereocenters. The predicted octanol–water partition coefficient (Wildman–Crippen LogP) is 3.04. The van der Waals surface area contributed by atoms with Gasteiger partial charge in [0.1, 0.15) is 0 Å². The molecule has 134 valence electrons. The van der Waals surface area contributed by atoms with Gasteiger partial charge in [0, 0.05) is 29.6 Å². The molecule has 1 N–H and O–H groups in total. The summed E-state index contributed by atoms with van der Waals surface area (Å²) < 4.78 is 27.8. The van der Waals surface area contributed by atoms with E-state index in [4.69, 9.17) is 0 Å². The minimum atomic E-state index is -3.55. The monoisotopic (exact) mass is 352 g/mol. The first kappa shape index (κ1) is 18.9. The number of nitrogens with one attached hydrogen (secondary N) is 1. The Morgan fingerprint density at radius 1 is 1.29 bits per heavy atom. The molecular formula is C18H28N2O3S. The summed E-state index contributed by atoms with van der Waals surface area (Å²) in [5.74, 6) is -0.0302. The Kier molecular flexibility index (Phi) is 5.11. The maximum atomic E-state index is 12.5. The van der Waals surface area contributed by atoms with Gasteiger partial charge in [-0.05, 0) is 37.1 Å². The molecule has 1 aromatic carbocycles. The highest BCUT2D eigenvalue weighted by Crippen LogP contribution is 2.42. The first-order valence-corrected chi connectivity index (χ1v) is 9.96. The second-order valence-electron chi connectivity index (χ2n) is 7.57. The van der Waals surface area contributed by atoms with Gasteiger partial charge in [-0.1, -0.05) is 34.6 Å². The quantitative estimate of drug-likeness (QED) is 0.886. The smallest absolute Gasteiger partial charge is 0.240 e. The molecule has 0 spiro atoms. The highest BCUT2D eigenvalue weighted by molar-refractivity contribution is 7.89. The standard InChI is InChI=1S/C18H28N2O3S/c1-7-13(4)19-24(22,23)14-8-9-16-15(10-14)18(5,6)11-20(16)17(21)12(2)3/h8-10,12-13,19H,7,11H2,1-6H3/t13-/m0/s1. The van der Waals surface area contributed by atoms with Gasteiger partial charge in [0.25, 0.3) is 0 Å². The van der Waals surface area contributed by atoms with E-state index in [1.165, 1.54) is 0 Å². The minimum Gasteiger partial charge on any atom is -0.311 e. The fourth-order valence-corrected chi connectivity index (χ4v) is 4.30. The Bertz CT molecular complexity index is 739. The van der Waals surface area contributed by atoms with Crippen LogP contribution >= 0.6 is 0 Å². The van der Waals surface area contributed by atoms with Crippen molar-refractivity contribution >= 4 is 21.6 Å². The number of benzene rings is 1. The summed E-state index contributed by atoms with van der Waals surface area (Å²) in [6, 6.07) is 4.95. The van der Waals surface area contributed by atoms with Crippen molar-refractivity contribution in [3.05, 3.63) is 23.8 Å². The largest absolute Gasteiger partial charge is 0.311 e. The Morgan fingerprint density at radius 2 is 1.92 bits per heavy atom. The van der Waals surface area contributed by atoms with E-state index in [2.05, 4.69) is 4.72 Å². The van der Waals surface area contributed by atoms with Crippen LogP contribution in [0.1, 0.15) is 53.5 Å². The number of hydrogen-bond donors (Lipinski definition) is 1. The summed E-state index contributed by atoms with van der Waals surface area (Å²) in [6.07, 6.45) is 0.729. The van der Waals surface area contributed by atoms with Gasteiger partial charge in [0.15, 0.2) is 0 Å². The van der Waals surface area contributed by atoms with Gasteiger partial charge in [0.05, 0.1) is 4.90 Å². The summed E-state index contributed by atoms with van der Waals surface area (Å²) in [5, 5.41) is 0. The highest BCUT2D eigenvalue weighted by atomic mass is 32.2. The Morgan fingerprint density at radius 3 is 2.46 bits per heavy atom. The lowest BCUT2D eigenvalue weighted by molar-refractivity contribution is -0.121. The zero-order chi connectivity index (χ0) is 18.3. The molecule has 6 heteroatoms. The van der Waals surface area contributed by atoms with E-state index in [0.717, 1.165) is 17.7 Å². The van der Waals surface area contributed by atoms with Gasteiger partial charge in [0.2, 0.25) is 15.9 Å². The molecule has 1 aliphatic heterocycles. The molecule has 0 bridgehead atoms. The molecule has 1 heterocycles. The van der Waals surface area contributed by atoms with Crippen LogP contribution in [0.15, 0.2) is 23.1 Å². The number of carbonyl (C=O) groups excluding carboxylic acids is 1. The molecule has 1 amide bonds. The number of anilines is 1. The van der Waals surface area contributed by atoms with Gasteiger partial charge in [-0.2, -0.15) is 0 Å². The number of hydrogen-bond acceptors (Lipinski definition) is 3. The Labute approximate surface area is 145 Å². The van der Waals surface area contributed by atoms with E-state index in [9.17, 15) is 13.2 Å². The first-order chi connectivity index (χ1) is 11.0. The van der Waals surface area contributed by atoms with Crippen LogP contribution in [0, 0.1) is 5.92 Å². The summed E-state index contributed by atoms with van der Waals surface area (Å²) in [6.45, 7) is 12.2. The van der Waals surface area contributed by atoms with Crippen molar-refractivity contribution in [2.45, 2.75) is 64.3 Å². The molecule has 5 nitrogen and oxygen atoms in total. The van der Waals surface area contributed by atoms with Gasteiger partial charge >= 0.3 is 0 Å². The summed E-state index contributed by atoms with van der Waals surface area (Å²) >= 11 is 0. The topological polar surface area (TPSA) is 66.5 Å². The summed E-state index contributed by atoms with van der Waals surface area (Å²) in [4.78, 5) is 14.5. The molecule has 1 aromatic rings. The number of nitrogens with zero attached hydrogens (tertiary/aromatic N) is 1. The molecule has 2 rings (SSSR count). The van der Waals surface area contributed by atoms with Crippen molar-refractivity contribution in [1.29, 1.82) is 0 Å². The van der Waals surface area contributed by atoms with Crippen molar-refractivity contribution in [3.8, 4) is 0 Å². The molecule has 24 heavy (non-hydrogen) atoms. The van der Waals surface area contributed by atoms with Crippen LogP contribution < -0.4 is 9.62 Å². The number of sulfonamides is 1. The third-order valence-electron chi connectivity index (χ3n) is 4.58. The van der Waals surface area contributed by atoms with E-state index in [1.54, 1.807) is 23.1 Å². The van der Waals surface area contributed by atoms with E-state index < -0.39 is 10.0 Å². The lowest BCUT2D eigenvalue weighted by atomic mass is 9.87. The SMILES string of the molecule is CC[C@H](C)NS(=O)(=O)c1ccc2c(c1)C(C)(C)CN2C(=O)C(C)C. The van der Waals surface area contributed by atoms with E-state index in [-0.39, 0.29) is 28.2 Å². The van der Waals surface area contributed by atoms with Crippen molar-refractivity contribution in [2.75, 3.05) is 11.4 Å². The highest BCUT2D eigenvalue weighted by Gasteiger charge is 2.39. The van der Waals surface area contributed by atoms with Crippen LogP contribution in [0.5, 0.6) is 0 Å². The molecule has 0 aliphatic carbocycles. The third kappa shape index (κ3) is 3.49. The average molecular weight is 353 g/mol. The van der Waals surface area contributed by atoms with Crippen molar-refractivity contribution in [1.82, 2.24) is 4.72 Å². The second kappa shape index (κ2) is 6.48. The van der Waals surface area contributed by atoms with Gasteiger partial charge in [-0.25, -0.2) is 13.1 Å². The Balaban J connectivity index is 2.46. The first-order valence-electron chi connectivity index (χ1n) is 8.48. The number of fused-ring (bicyclic) bond motifs is 1. The second-order valence-corrected chi connectivity index (χ2v) is 9.29. The molecule has 0 saturated carbocycles.